The number of benzene rings is 2. The lowest BCUT2D eigenvalue weighted by Gasteiger charge is -2.24. The molecule has 0 radical (unpaired) electrons. The lowest BCUT2D eigenvalue weighted by atomic mass is 9.88. The fourth-order valence-corrected chi connectivity index (χ4v) is 3.35. The van der Waals surface area contributed by atoms with E-state index in [1.165, 1.54) is 23.6 Å². The molecule has 0 saturated heterocycles. The largest absolute Gasteiger partial charge is 0.385 e. The number of hydrogen-bond acceptors (Lipinski definition) is 2. The maximum absolute atomic E-state index is 13.5. The zero-order valence-electron chi connectivity index (χ0n) is 13.8. The molecule has 2 aromatic rings. The Labute approximate surface area is 142 Å². The summed E-state index contributed by atoms with van der Waals surface area (Å²) in [6, 6.07) is 15.5. The van der Waals surface area contributed by atoms with Crippen molar-refractivity contribution in [3.8, 4) is 0 Å². The van der Waals surface area contributed by atoms with Crippen molar-refractivity contribution < 1.29 is 19.6 Å². The van der Waals surface area contributed by atoms with Gasteiger partial charge in [0.2, 0.25) is 0 Å². The molecule has 3 rings (SSSR count). The summed E-state index contributed by atoms with van der Waals surface area (Å²) < 4.78 is 19.0. The molecule has 0 unspecified atom stereocenters. The van der Waals surface area contributed by atoms with E-state index < -0.39 is 6.10 Å². The van der Waals surface area contributed by atoms with Gasteiger partial charge in [0, 0.05) is 17.5 Å². The van der Waals surface area contributed by atoms with Crippen molar-refractivity contribution in [2.45, 2.75) is 38.0 Å². The van der Waals surface area contributed by atoms with Crippen LogP contribution in [0.25, 0.3) is 0 Å². The molecule has 24 heavy (non-hydrogen) atoms. The van der Waals surface area contributed by atoms with Gasteiger partial charge < -0.3 is 15.2 Å². The van der Waals surface area contributed by atoms with Crippen molar-refractivity contribution in [2.24, 2.45) is 0 Å². The number of nitrogens with two attached hydrogens (primary N) is 1. The summed E-state index contributed by atoms with van der Waals surface area (Å²) in [5.41, 5.74) is 3.34. The minimum Gasteiger partial charge on any atom is -0.385 e. The molecule has 3 nitrogen and oxygen atoms in total. The fourth-order valence-electron chi connectivity index (χ4n) is 3.35. The Kier molecular flexibility index (Phi) is 5.96. The first-order valence-corrected chi connectivity index (χ1v) is 8.64. The number of ether oxygens (including phenoxy) is 1. The molecule has 1 aliphatic carbocycles. The van der Waals surface area contributed by atoms with Crippen LogP contribution in [0, 0.1) is 5.82 Å². The van der Waals surface area contributed by atoms with Gasteiger partial charge in [0.25, 0.3) is 0 Å². The van der Waals surface area contributed by atoms with Gasteiger partial charge in [-0.25, -0.2) is 4.39 Å². The number of aliphatic hydroxyl groups excluding tert-OH is 1. The molecule has 0 saturated carbocycles. The van der Waals surface area contributed by atoms with E-state index in [1.807, 2.05) is 0 Å². The topological polar surface area (TPSA) is 46.1 Å². The number of aryl methyl sites for hydroxylation is 1. The molecular weight excluding hydrogens is 305 g/mol. The van der Waals surface area contributed by atoms with Crippen LogP contribution in [0.2, 0.25) is 0 Å². The second-order valence-electron chi connectivity index (χ2n) is 6.43. The third-order valence-electron chi connectivity index (χ3n) is 4.63. The van der Waals surface area contributed by atoms with E-state index in [2.05, 4.69) is 29.6 Å². The second-order valence-corrected chi connectivity index (χ2v) is 6.43. The molecule has 0 amide bonds. The highest BCUT2D eigenvalue weighted by atomic mass is 19.1. The van der Waals surface area contributed by atoms with E-state index in [0.717, 1.165) is 12.8 Å². The third kappa shape index (κ3) is 4.41. The molecule has 0 aromatic heterocycles. The Morgan fingerprint density at radius 3 is 2.83 bits per heavy atom. The summed E-state index contributed by atoms with van der Waals surface area (Å²) in [5, 5.41) is 12.3. The fraction of sp³-hybridized carbons (Fsp3) is 0.400. The van der Waals surface area contributed by atoms with Gasteiger partial charge in [-0.1, -0.05) is 42.5 Å². The Morgan fingerprint density at radius 1 is 1.17 bits per heavy atom. The van der Waals surface area contributed by atoms with E-state index in [9.17, 15) is 9.50 Å². The Bertz CT molecular complexity index is 662. The van der Waals surface area contributed by atoms with Crippen molar-refractivity contribution in [2.75, 3.05) is 13.2 Å². The van der Waals surface area contributed by atoms with Gasteiger partial charge >= 0.3 is 0 Å². The van der Waals surface area contributed by atoms with E-state index >= 15 is 0 Å². The first-order chi connectivity index (χ1) is 11.7. The van der Waals surface area contributed by atoms with Crippen LogP contribution in [0.4, 0.5) is 4.39 Å². The van der Waals surface area contributed by atoms with Gasteiger partial charge in [0.15, 0.2) is 0 Å². The van der Waals surface area contributed by atoms with Gasteiger partial charge in [-0.2, -0.15) is 0 Å². The maximum atomic E-state index is 13.5. The van der Waals surface area contributed by atoms with Crippen molar-refractivity contribution in [1.82, 2.24) is 0 Å². The highest BCUT2D eigenvalue weighted by Crippen LogP contribution is 2.26. The molecule has 0 bridgehead atoms. The van der Waals surface area contributed by atoms with Crippen LogP contribution in [-0.2, 0) is 17.8 Å². The van der Waals surface area contributed by atoms with Crippen molar-refractivity contribution in [3.63, 3.8) is 0 Å². The molecule has 4 heteroatoms. The van der Waals surface area contributed by atoms with Crippen LogP contribution in [-0.4, -0.2) is 24.4 Å². The molecule has 3 N–H and O–H groups in total. The van der Waals surface area contributed by atoms with Crippen LogP contribution in [0.1, 0.15) is 35.6 Å². The minimum atomic E-state index is -0.550. The quantitative estimate of drug-likeness (QED) is 0.818. The zero-order valence-corrected chi connectivity index (χ0v) is 13.8. The smallest absolute Gasteiger partial charge is 0.128 e. The number of halogens is 1. The number of fused-ring (bicyclic) bond motifs is 1. The predicted octanol–water partition coefficient (Wildman–Crippen LogP) is 2.34. The number of quaternary nitrogens is 1. The highest BCUT2D eigenvalue weighted by Gasteiger charge is 2.23. The van der Waals surface area contributed by atoms with Gasteiger partial charge in [-0.3, -0.25) is 0 Å². The summed E-state index contributed by atoms with van der Waals surface area (Å²) in [5.74, 6) is -0.266. The second kappa shape index (κ2) is 8.38. The zero-order chi connectivity index (χ0) is 16.8. The maximum Gasteiger partial charge on any atom is 0.128 e. The molecule has 0 heterocycles. The van der Waals surface area contributed by atoms with Gasteiger partial charge in [0.05, 0.1) is 13.2 Å². The molecule has 0 spiro atoms. The summed E-state index contributed by atoms with van der Waals surface area (Å²) in [6.45, 7) is 1.01. The summed E-state index contributed by atoms with van der Waals surface area (Å²) in [6.07, 6.45) is 2.93. The normalized spacial score (nSPS) is 18.2. The predicted molar refractivity (Wildman–Crippen MR) is 91.0 cm³/mol. The number of aliphatic hydroxyl groups is 1. The Balaban J connectivity index is 1.43. The van der Waals surface area contributed by atoms with E-state index in [1.54, 1.807) is 18.2 Å². The van der Waals surface area contributed by atoms with Crippen LogP contribution >= 0.6 is 0 Å². The van der Waals surface area contributed by atoms with Gasteiger partial charge in [-0.15, -0.1) is 0 Å². The summed E-state index contributed by atoms with van der Waals surface area (Å²) >= 11 is 0. The first kappa shape index (κ1) is 17.1. The van der Waals surface area contributed by atoms with Crippen LogP contribution in [0.15, 0.2) is 48.5 Å². The van der Waals surface area contributed by atoms with Gasteiger partial charge in [-0.05, 0) is 24.5 Å². The first-order valence-electron chi connectivity index (χ1n) is 8.64. The Hall–Kier alpha value is -1.75. The Morgan fingerprint density at radius 2 is 1.96 bits per heavy atom. The van der Waals surface area contributed by atoms with Crippen LogP contribution < -0.4 is 5.32 Å². The molecule has 2 atom stereocenters. The minimum absolute atomic E-state index is 0.190. The number of hydrogen-bond donors (Lipinski definition) is 2. The summed E-state index contributed by atoms with van der Waals surface area (Å²) in [4.78, 5) is 0. The average Bonchev–Trinajstić information content (AvgIpc) is 2.61. The standard InChI is InChI=1S/C20H24FNO2/c21-19-10-4-2-7-16(19)13-24-14-17(23)12-22-20-11-5-8-15-6-1-3-9-18(15)20/h1-4,6-7,9-10,17,20,22-23H,5,8,11-14H2/p+1/t17-,20+/m0/s1. The monoisotopic (exact) mass is 330 g/mol. The SMILES string of the molecule is O[C@@H](C[NH2+][C@@H]1CCCc2ccccc21)COCc1ccccc1F. The average molecular weight is 330 g/mol. The molecule has 0 fully saturated rings. The van der Waals surface area contributed by atoms with Crippen molar-refractivity contribution in [3.05, 3.63) is 71.0 Å². The van der Waals surface area contributed by atoms with E-state index in [0.29, 0.717) is 18.2 Å². The van der Waals surface area contributed by atoms with E-state index in [4.69, 9.17) is 4.74 Å². The van der Waals surface area contributed by atoms with E-state index in [-0.39, 0.29) is 19.0 Å². The van der Waals surface area contributed by atoms with Crippen LogP contribution in [0.5, 0.6) is 0 Å². The number of rotatable bonds is 7. The highest BCUT2D eigenvalue weighted by molar-refractivity contribution is 5.30. The lowest BCUT2D eigenvalue weighted by Crippen LogP contribution is -2.87. The molecular formula is C20H25FNO2+. The molecule has 1 aliphatic rings. The third-order valence-corrected chi connectivity index (χ3v) is 4.63. The molecule has 0 aliphatic heterocycles. The van der Waals surface area contributed by atoms with Gasteiger partial charge in [0.1, 0.15) is 24.5 Å². The molecule has 2 aromatic carbocycles. The lowest BCUT2D eigenvalue weighted by molar-refractivity contribution is -0.703. The molecule has 128 valence electrons. The van der Waals surface area contributed by atoms with Crippen molar-refractivity contribution >= 4 is 0 Å². The van der Waals surface area contributed by atoms with Crippen LogP contribution in [0.3, 0.4) is 0 Å². The summed E-state index contributed by atoms with van der Waals surface area (Å²) in [7, 11) is 0. The van der Waals surface area contributed by atoms with Crippen molar-refractivity contribution in [1.29, 1.82) is 0 Å².